The van der Waals surface area contributed by atoms with Gasteiger partial charge in [-0.25, -0.2) is 13.6 Å². The third-order valence-electron chi connectivity index (χ3n) is 4.35. The summed E-state index contributed by atoms with van der Waals surface area (Å²) < 4.78 is 22.8. The molecule has 0 atom stereocenters. The van der Waals surface area contributed by atoms with E-state index in [1.807, 2.05) is 4.90 Å². The summed E-state index contributed by atoms with van der Waals surface area (Å²) in [6.07, 6.45) is 0.870. The summed E-state index contributed by atoms with van der Waals surface area (Å²) in [7, 11) is -0.338. The number of primary sulfonamides is 1. The van der Waals surface area contributed by atoms with Crippen molar-refractivity contribution in [3.05, 3.63) is 24.3 Å². The van der Waals surface area contributed by atoms with Gasteiger partial charge in [-0.15, -0.1) is 0 Å². The van der Waals surface area contributed by atoms with Crippen molar-refractivity contribution < 1.29 is 18.0 Å². The van der Waals surface area contributed by atoms with Gasteiger partial charge in [-0.3, -0.25) is 19.4 Å². The lowest BCUT2D eigenvalue weighted by Gasteiger charge is -2.22. The number of nitrogens with two attached hydrogens (primary N) is 1. The Kier molecular flexibility index (Phi) is 7.31. The van der Waals surface area contributed by atoms with Crippen LogP contribution >= 0.6 is 0 Å². The van der Waals surface area contributed by atoms with Crippen molar-refractivity contribution in [3.63, 3.8) is 0 Å². The van der Waals surface area contributed by atoms with E-state index in [2.05, 4.69) is 10.2 Å². The standard InChI is InChI=1S/C17H27N5O4S/c1-20(2)17(24)13-22-8-4-7-21(9-10-22)12-16(23)19-14-5-3-6-15(11-14)27(18,25)26/h3,5-6,11H,4,7-10,12-13H2,1-2H3,(H,19,23)(H2,18,25,26). The molecule has 1 heterocycles. The maximum atomic E-state index is 12.3. The van der Waals surface area contributed by atoms with Crippen molar-refractivity contribution in [1.29, 1.82) is 0 Å². The minimum absolute atomic E-state index is 0.0451. The maximum absolute atomic E-state index is 12.3. The Labute approximate surface area is 160 Å². The van der Waals surface area contributed by atoms with Crippen molar-refractivity contribution in [1.82, 2.24) is 14.7 Å². The second-order valence-corrected chi connectivity index (χ2v) is 8.38. The largest absolute Gasteiger partial charge is 0.348 e. The number of likely N-dealkylation sites (N-methyl/N-ethyl adjacent to an activating group) is 1. The second kappa shape index (κ2) is 9.27. The van der Waals surface area contributed by atoms with Crippen LogP contribution in [0.5, 0.6) is 0 Å². The first kappa shape index (κ1) is 21.3. The SMILES string of the molecule is CN(C)C(=O)CN1CCCN(CC(=O)Nc2cccc(S(N)(=O)=O)c2)CC1. The molecule has 0 unspecified atom stereocenters. The van der Waals surface area contributed by atoms with Crippen molar-refractivity contribution >= 4 is 27.5 Å². The van der Waals surface area contributed by atoms with Crippen molar-refractivity contribution in [2.75, 3.05) is 58.7 Å². The Bertz CT molecular complexity index is 781. The quantitative estimate of drug-likeness (QED) is 0.660. The van der Waals surface area contributed by atoms with Crippen LogP contribution in [0, 0.1) is 0 Å². The van der Waals surface area contributed by atoms with Gasteiger partial charge in [-0.2, -0.15) is 0 Å². The van der Waals surface area contributed by atoms with Gasteiger partial charge in [0, 0.05) is 32.9 Å². The molecule has 1 aromatic rings. The fourth-order valence-corrected chi connectivity index (χ4v) is 3.39. The third kappa shape index (κ3) is 6.90. The van der Waals surface area contributed by atoms with Crippen LogP contribution in [0.4, 0.5) is 5.69 Å². The van der Waals surface area contributed by atoms with Gasteiger partial charge in [0.25, 0.3) is 0 Å². The number of carbonyl (C=O) groups is 2. The molecule has 1 aliphatic rings. The molecule has 3 N–H and O–H groups in total. The third-order valence-corrected chi connectivity index (χ3v) is 5.26. The van der Waals surface area contributed by atoms with E-state index >= 15 is 0 Å². The smallest absolute Gasteiger partial charge is 0.238 e. The molecule has 10 heteroatoms. The molecule has 0 bridgehead atoms. The fourth-order valence-electron chi connectivity index (χ4n) is 2.83. The average Bonchev–Trinajstić information content (AvgIpc) is 2.79. The number of carbonyl (C=O) groups excluding carboxylic acids is 2. The Hall–Kier alpha value is -2.01. The molecule has 150 valence electrons. The molecule has 2 amide bonds. The van der Waals surface area contributed by atoms with Gasteiger partial charge >= 0.3 is 0 Å². The zero-order valence-electron chi connectivity index (χ0n) is 15.7. The number of amides is 2. The molecule has 0 saturated carbocycles. The van der Waals surface area contributed by atoms with E-state index in [-0.39, 0.29) is 23.3 Å². The van der Waals surface area contributed by atoms with Crippen molar-refractivity contribution in [3.8, 4) is 0 Å². The maximum Gasteiger partial charge on any atom is 0.238 e. The molecular formula is C17H27N5O4S. The van der Waals surface area contributed by atoms with Crippen LogP contribution in [-0.2, 0) is 19.6 Å². The van der Waals surface area contributed by atoms with Crippen LogP contribution in [0.25, 0.3) is 0 Å². The zero-order valence-corrected chi connectivity index (χ0v) is 16.5. The predicted octanol–water partition coefficient (Wildman–Crippen LogP) is -0.632. The Morgan fingerprint density at radius 2 is 1.74 bits per heavy atom. The van der Waals surface area contributed by atoms with Gasteiger partial charge < -0.3 is 10.2 Å². The van der Waals surface area contributed by atoms with Crippen molar-refractivity contribution in [2.45, 2.75) is 11.3 Å². The molecule has 0 spiro atoms. The summed E-state index contributed by atoms with van der Waals surface area (Å²) in [4.78, 5) is 29.8. The summed E-state index contributed by atoms with van der Waals surface area (Å²) in [6.45, 7) is 3.56. The second-order valence-electron chi connectivity index (χ2n) is 6.82. The molecule has 0 aromatic heterocycles. The number of anilines is 1. The Balaban J connectivity index is 1.87. The van der Waals surface area contributed by atoms with Gasteiger partial charge in [0.2, 0.25) is 21.8 Å². The Morgan fingerprint density at radius 1 is 1.11 bits per heavy atom. The first-order chi connectivity index (χ1) is 12.6. The number of nitrogens with one attached hydrogen (secondary N) is 1. The minimum Gasteiger partial charge on any atom is -0.348 e. The zero-order chi connectivity index (χ0) is 20.0. The summed E-state index contributed by atoms with van der Waals surface area (Å²) in [6, 6.07) is 5.86. The molecular weight excluding hydrogens is 370 g/mol. The van der Waals surface area contributed by atoms with Gasteiger partial charge in [0.1, 0.15) is 0 Å². The molecule has 1 aromatic carbocycles. The number of hydrogen-bond donors (Lipinski definition) is 2. The lowest BCUT2D eigenvalue weighted by atomic mass is 10.3. The average molecular weight is 398 g/mol. The number of nitrogens with zero attached hydrogens (tertiary/aromatic N) is 3. The lowest BCUT2D eigenvalue weighted by molar-refractivity contribution is -0.129. The van der Waals surface area contributed by atoms with E-state index in [4.69, 9.17) is 5.14 Å². The topological polar surface area (TPSA) is 116 Å². The summed E-state index contributed by atoms with van der Waals surface area (Å²) in [5, 5.41) is 7.81. The molecule has 0 radical (unpaired) electrons. The highest BCUT2D eigenvalue weighted by Crippen LogP contribution is 2.14. The Morgan fingerprint density at radius 3 is 2.33 bits per heavy atom. The fraction of sp³-hybridized carbons (Fsp3) is 0.529. The van der Waals surface area contributed by atoms with Gasteiger partial charge in [-0.1, -0.05) is 6.07 Å². The summed E-state index contributed by atoms with van der Waals surface area (Å²) >= 11 is 0. The first-order valence-corrected chi connectivity index (χ1v) is 10.3. The summed E-state index contributed by atoms with van der Waals surface area (Å²) in [5.74, 6) is -0.157. The van der Waals surface area contributed by atoms with E-state index in [0.717, 1.165) is 19.5 Å². The van der Waals surface area contributed by atoms with Crippen LogP contribution in [0.3, 0.4) is 0 Å². The number of benzene rings is 1. The van der Waals surface area contributed by atoms with Crippen LogP contribution in [0.1, 0.15) is 6.42 Å². The molecule has 9 nitrogen and oxygen atoms in total. The van der Waals surface area contributed by atoms with E-state index < -0.39 is 10.0 Å². The molecule has 0 aliphatic carbocycles. The summed E-state index contributed by atoms with van der Waals surface area (Å²) in [5.41, 5.74) is 0.388. The van der Waals surface area contributed by atoms with E-state index in [9.17, 15) is 18.0 Å². The molecule has 27 heavy (non-hydrogen) atoms. The van der Waals surface area contributed by atoms with Gasteiger partial charge in [0.05, 0.1) is 18.0 Å². The van der Waals surface area contributed by atoms with Gasteiger partial charge in [-0.05, 0) is 37.7 Å². The molecule has 2 rings (SSSR count). The molecule has 1 saturated heterocycles. The highest BCUT2D eigenvalue weighted by molar-refractivity contribution is 7.89. The minimum atomic E-state index is -3.81. The number of rotatable bonds is 6. The van der Waals surface area contributed by atoms with E-state index in [1.165, 1.54) is 18.2 Å². The number of hydrogen-bond acceptors (Lipinski definition) is 6. The lowest BCUT2D eigenvalue weighted by Crippen LogP contribution is -2.39. The van der Waals surface area contributed by atoms with Crippen LogP contribution in [0.15, 0.2) is 29.2 Å². The monoisotopic (exact) mass is 397 g/mol. The highest BCUT2D eigenvalue weighted by atomic mass is 32.2. The molecule has 1 aliphatic heterocycles. The normalized spacial score (nSPS) is 16.6. The molecule has 1 fully saturated rings. The van der Waals surface area contributed by atoms with E-state index in [0.29, 0.717) is 25.3 Å². The van der Waals surface area contributed by atoms with Crippen LogP contribution in [0.2, 0.25) is 0 Å². The van der Waals surface area contributed by atoms with Crippen LogP contribution < -0.4 is 10.5 Å². The highest BCUT2D eigenvalue weighted by Gasteiger charge is 2.19. The predicted molar refractivity (Wildman–Crippen MR) is 103 cm³/mol. The van der Waals surface area contributed by atoms with Gasteiger partial charge in [0.15, 0.2) is 0 Å². The van der Waals surface area contributed by atoms with E-state index in [1.54, 1.807) is 25.1 Å². The van der Waals surface area contributed by atoms with Crippen molar-refractivity contribution in [2.24, 2.45) is 5.14 Å². The first-order valence-electron chi connectivity index (χ1n) is 8.73. The number of sulfonamides is 1. The van der Waals surface area contributed by atoms with Crippen LogP contribution in [-0.4, -0.2) is 88.3 Å².